The van der Waals surface area contributed by atoms with Gasteiger partial charge in [-0.15, -0.1) is 0 Å². The summed E-state index contributed by atoms with van der Waals surface area (Å²) in [7, 11) is 0. The van der Waals surface area contributed by atoms with E-state index in [1.165, 1.54) is 11.1 Å². The normalized spacial score (nSPS) is 31.4. The van der Waals surface area contributed by atoms with E-state index in [1.807, 2.05) is 24.3 Å². The zero-order valence-electron chi connectivity index (χ0n) is 25.9. The molecule has 0 aromatic heterocycles. The molecular formula is C35H50O4. The van der Waals surface area contributed by atoms with Crippen LogP contribution >= 0.6 is 0 Å². The lowest BCUT2D eigenvalue weighted by Gasteiger charge is -2.39. The van der Waals surface area contributed by atoms with Crippen LogP contribution in [0.5, 0.6) is 0 Å². The summed E-state index contributed by atoms with van der Waals surface area (Å²) < 4.78 is 13.0. The Balaban J connectivity index is 1.70. The number of carbonyl (C=O) groups excluding carboxylic acids is 2. The Hall–Kier alpha value is -2.36. The van der Waals surface area contributed by atoms with Crippen molar-refractivity contribution < 1.29 is 19.1 Å². The summed E-state index contributed by atoms with van der Waals surface area (Å²) in [5, 5.41) is 0. The molecule has 0 aromatic rings. The zero-order chi connectivity index (χ0) is 28.9. The van der Waals surface area contributed by atoms with E-state index in [1.54, 1.807) is 0 Å². The zero-order valence-corrected chi connectivity index (χ0v) is 25.9. The molecule has 0 spiro atoms. The minimum Gasteiger partial charge on any atom is -0.451 e. The first kappa shape index (κ1) is 29.6. The van der Waals surface area contributed by atoms with Crippen molar-refractivity contribution in [3.05, 3.63) is 58.7 Å². The Bertz CT molecular complexity index is 1070. The van der Waals surface area contributed by atoms with Gasteiger partial charge in [0, 0.05) is 12.8 Å². The Morgan fingerprint density at radius 2 is 1.05 bits per heavy atom. The maximum atomic E-state index is 14.2. The topological polar surface area (TPSA) is 52.6 Å². The molecule has 4 rings (SSSR count). The van der Waals surface area contributed by atoms with E-state index in [0.717, 1.165) is 12.8 Å². The SMILES string of the molecule is CC(C)C1=CC=CC(OC(=O)C2=C(C(=O)OC3(C(C)C)C=CC=C(C(C)C)C3)C3CCC2C3(C)C)(C(C)C)C1. The number of rotatable bonds is 8. The third-order valence-electron chi connectivity index (χ3n) is 10.3. The van der Waals surface area contributed by atoms with Gasteiger partial charge in [-0.25, -0.2) is 9.59 Å². The van der Waals surface area contributed by atoms with Gasteiger partial charge in [-0.05, 0) is 65.9 Å². The highest BCUT2D eigenvalue weighted by Gasteiger charge is 2.58. The number of fused-ring (bicyclic) bond motifs is 2. The molecule has 39 heavy (non-hydrogen) atoms. The second-order valence-electron chi connectivity index (χ2n) is 14.2. The average molecular weight is 535 g/mol. The van der Waals surface area contributed by atoms with Gasteiger partial charge in [0.05, 0.1) is 11.1 Å². The van der Waals surface area contributed by atoms with E-state index in [9.17, 15) is 9.59 Å². The lowest BCUT2D eigenvalue weighted by atomic mass is 9.77. The van der Waals surface area contributed by atoms with E-state index in [4.69, 9.17) is 9.47 Å². The predicted octanol–water partition coefficient (Wildman–Crippen LogP) is 8.31. The fourth-order valence-electron chi connectivity index (χ4n) is 7.19. The first-order valence-electron chi connectivity index (χ1n) is 15.1. The quantitative estimate of drug-likeness (QED) is 0.294. The van der Waals surface area contributed by atoms with Gasteiger partial charge in [0.2, 0.25) is 0 Å². The third kappa shape index (κ3) is 5.13. The van der Waals surface area contributed by atoms with Crippen LogP contribution in [0.3, 0.4) is 0 Å². The van der Waals surface area contributed by atoms with Gasteiger partial charge in [-0.2, -0.15) is 0 Å². The fraction of sp³-hybridized carbons (Fsp3) is 0.657. The molecule has 4 atom stereocenters. The smallest absolute Gasteiger partial charge is 0.335 e. The molecule has 214 valence electrons. The van der Waals surface area contributed by atoms with Crippen LogP contribution in [0.25, 0.3) is 0 Å². The lowest BCUT2D eigenvalue weighted by molar-refractivity contribution is -0.158. The van der Waals surface area contributed by atoms with Crippen LogP contribution in [-0.2, 0) is 19.1 Å². The summed E-state index contributed by atoms with van der Waals surface area (Å²) in [6.45, 7) is 21.5. The molecule has 4 aliphatic rings. The number of ether oxygens (including phenoxy) is 2. The minimum atomic E-state index is -0.721. The Morgan fingerprint density at radius 1 is 0.692 bits per heavy atom. The molecule has 0 radical (unpaired) electrons. The standard InChI is InChI=1S/C35H50O4/c1-21(2)25-13-11-17-34(19-25,23(5)6)38-31(36)29-27-15-16-28(33(27,9)10)30(29)32(37)39-35(24(7)8)18-12-14-26(20-35)22(3)4/h11-14,17-18,21-24,27-28H,15-16,19-20H2,1-10H3. The molecule has 1 fully saturated rings. The van der Waals surface area contributed by atoms with E-state index >= 15 is 0 Å². The number of hydrogen-bond acceptors (Lipinski definition) is 4. The van der Waals surface area contributed by atoms with Gasteiger partial charge >= 0.3 is 11.9 Å². The van der Waals surface area contributed by atoms with Gasteiger partial charge in [0.15, 0.2) is 0 Å². The molecule has 0 N–H and O–H groups in total. The number of allylic oxidation sites excluding steroid dienone is 4. The largest absolute Gasteiger partial charge is 0.451 e. The molecule has 0 aliphatic heterocycles. The van der Waals surface area contributed by atoms with Gasteiger partial charge in [-0.1, -0.05) is 105 Å². The average Bonchev–Trinajstić information content (AvgIpc) is 3.28. The minimum absolute atomic E-state index is 0.00235. The maximum Gasteiger partial charge on any atom is 0.335 e. The van der Waals surface area contributed by atoms with Crippen LogP contribution in [-0.4, -0.2) is 23.1 Å². The molecule has 4 nitrogen and oxygen atoms in total. The molecule has 4 heteroatoms. The summed E-state index contributed by atoms with van der Waals surface area (Å²) in [6.07, 6.45) is 15.6. The molecule has 2 bridgehead atoms. The van der Waals surface area contributed by atoms with Crippen molar-refractivity contribution in [1.82, 2.24) is 0 Å². The monoisotopic (exact) mass is 534 g/mol. The third-order valence-corrected chi connectivity index (χ3v) is 10.3. The van der Waals surface area contributed by atoms with E-state index in [0.29, 0.717) is 35.8 Å². The number of carbonyl (C=O) groups is 2. The van der Waals surface area contributed by atoms with Crippen LogP contribution in [0, 0.1) is 40.9 Å². The van der Waals surface area contributed by atoms with E-state index < -0.39 is 11.2 Å². The van der Waals surface area contributed by atoms with Crippen LogP contribution in [0.1, 0.15) is 94.9 Å². The van der Waals surface area contributed by atoms with Crippen molar-refractivity contribution in [2.24, 2.45) is 40.9 Å². The van der Waals surface area contributed by atoms with E-state index in [-0.39, 0.29) is 41.0 Å². The van der Waals surface area contributed by atoms with E-state index in [2.05, 4.69) is 81.4 Å². The van der Waals surface area contributed by atoms with Crippen LogP contribution in [0.15, 0.2) is 58.7 Å². The Kier molecular flexibility index (Phi) is 8.02. The van der Waals surface area contributed by atoms with Crippen molar-refractivity contribution in [3.8, 4) is 0 Å². The second-order valence-corrected chi connectivity index (χ2v) is 14.2. The summed E-state index contributed by atoms with van der Waals surface area (Å²) in [6, 6.07) is 0. The first-order chi connectivity index (χ1) is 18.1. The Morgan fingerprint density at radius 3 is 1.36 bits per heavy atom. The summed E-state index contributed by atoms with van der Waals surface area (Å²) in [4.78, 5) is 28.4. The van der Waals surface area contributed by atoms with Crippen LogP contribution in [0.4, 0.5) is 0 Å². The highest BCUT2D eigenvalue weighted by molar-refractivity contribution is 6.03. The maximum absolute atomic E-state index is 14.2. The van der Waals surface area contributed by atoms with Crippen molar-refractivity contribution in [3.63, 3.8) is 0 Å². The Labute approximate surface area is 236 Å². The summed E-state index contributed by atoms with van der Waals surface area (Å²) in [5.74, 6) is 0.255. The van der Waals surface area contributed by atoms with Crippen LogP contribution in [0.2, 0.25) is 0 Å². The van der Waals surface area contributed by atoms with Crippen LogP contribution < -0.4 is 0 Å². The molecule has 1 saturated carbocycles. The summed E-state index contributed by atoms with van der Waals surface area (Å²) >= 11 is 0. The van der Waals surface area contributed by atoms with Gasteiger partial charge in [0.25, 0.3) is 0 Å². The highest BCUT2D eigenvalue weighted by atomic mass is 16.6. The fourth-order valence-corrected chi connectivity index (χ4v) is 7.19. The first-order valence-corrected chi connectivity index (χ1v) is 15.1. The predicted molar refractivity (Wildman–Crippen MR) is 158 cm³/mol. The number of esters is 2. The second kappa shape index (κ2) is 10.6. The molecule has 4 aliphatic carbocycles. The molecular weight excluding hydrogens is 484 g/mol. The highest BCUT2D eigenvalue weighted by Crippen LogP contribution is 2.61. The van der Waals surface area contributed by atoms with Gasteiger partial charge < -0.3 is 9.47 Å². The lowest BCUT2D eigenvalue weighted by Crippen LogP contribution is -2.42. The van der Waals surface area contributed by atoms with Crippen molar-refractivity contribution in [1.29, 1.82) is 0 Å². The van der Waals surface area contributed by atoms with Crippen molar-refractivity contribution in [2.45, 2.75) is 106 Å². The molecule has 0 heterocycles. The van der Waals surface area contributed by atoms with Crippen molar-refractivity contribution >= 4 is 11.9 Å². The molecule has 0 amide bonds. The molecule has 4 unspecified atom stereocenters. The van der Waals surface area contributed by atoms with Gasteiger partial charge in [-0.3, -0.25) is 0 Å². The number of hydrogen-bond donors (Lipinski definition) is 0. The summed E-state index contributed by atoms with van der Waals surface area (Å²) in [5.41, 5.74) is 2.05. The molecule has 0 saturated heterocycles. The van der Waals surface area contributed by atoms with Crippen molar-refractivity contribution in [2.75, 3.05) is 0 Å². The molecule has 0 aromatic carbocycles. The van der Waals surface area contributed by atoms with Gasteiger partial charge in [0.1, 0.15) is 11.2 Å².